The van der Waals surface area contributed by atoms with Gasteiger partial charge in [0.1, 0.15) is 16.4 Å². The molecule has 9 heteroatoms. The lowest BCUT2D eigenvalue weighted by atomic mass is 10.2. The normalized spacial score (nSPS) is 11.8. The molecule has 2 N–H and O–H groups in total. The fourth-order valence-electron chi connectivity index (χ4n) is 1.80. The first-order valence-electron chi connectivity index (χ1n) is 6.04. The van der Waals surface area contributed by atoms with Crippen molar-refractivity contribution in [2.75, 3.05) is 7.05 Å². The van der Waals surface area contributed by atoms with E-state index in [1.807, 2.05) is 0 Å². The third-order valence-corrected chi connectivity index (χ3v) is 5.14. The zero-order chi connectivity index (χ0) is 16.5. The number of aromatic amines is 1. The van der Waals surface area contributed by atoms with E-state index in [-0.39, 0.29) is 22.2 Å². The van der Waals surface area contributed by atoms with Crippen LogP contribution in [0.15, 0.2) is 35.4 Å². The topological polar surface area (TPSA) is 90.5 Å². The Kier molecular flexibility index (Phi) is 4.55. The number of hydrogen-bond donors (Lipinski definition) is 2. The largest absolute Gasteiger partial charge is 0.477 e. The molecule has 0 fully saturated rings. The highest BCUT2D eigenvalue weighted by Crippen LogP contribution is 2.22. The van der Waals surface area contributed by atoms with Crippen LogP contribution < -0.4 is 0 Å². The quantitative estimate of drug-likeness (QED) is 0.869. The number of carboxylic acids is 1. The standard InChI is InChI=1S/C13H12ClFN2O4S/c1-17(7-8-2-3-9(15)4-11(8)14)22(20,21)10-5-12(13(18)19)16-6-10/h2-6,16H,7H2,1H3,(H,18,19). The van der Waals surface area contributed by atoms with E-state index in [1.165, 1.54) is 19.2 Å². The summed E-state index contributed by atoms with van der Waals surface area (Å²) in [5.74, 6) is -1.78. The zero-order valence-electron chi connectivity index (χ0n) is 11.4. The maximum Gasteiger partial charge on any atom is 0.352 e. The smallest absolute Gasteiger partial charge is 0.352 e. The van der Waals surface area contributed by atoms with Crippen LogP contribution in [-0.2, 0) is 16.6 Å². The number of H-pyrrole nitrogens is 1. The summed E-state index contributed by atoms with van der Waals surface area (Å²) in [7, 11) is -2.57. The van der Waals surface area contributed by atoms with Gasteiger partial charge in [-0.2, -0.15) is 4.31 Å². The summed E-state index contributed by atoms with van der Waals surface area (Å²) in [5.41, 5.74) is 0.204. The van der Waals surface area contributed by atoms with E-state index < -0.39 is 21.8 Å². The molecule has 2 aromatic rings. The lowest BCUT2D eigenvalue weighted by molar-refractivity contribution is 0.0691. The number of benzene rings is 1. The molecule has 22 heavy (non-hydrogen) atoms. The molecule has 0 amide bonds. The number of sulfonamides is 1. The first-order chi connectivity index (χ1) is 10.2. The fourth-order valence-corrected chi connectivity index (χ4v) is 3.17. The predicted octanol–water partition coefficient (Wildman–Crippen LogP) is 2.33. The molecule has 1 aromatic carbocycles. The molecule has 0 saturated heterocycles. The maximum atomic E-state index is 13.0. The van der Waals surface area contributed by atoms with Gasteiger partial charge in [-0.15, -0.1) is 0 Å². The Morgan fingerprint density at radius 1 is 1.41 bits per heavy atom. The molecule has 0 atom stereocenters. The Balaban J connectivity index is 2.26. The molecule has 1 aromatic heterocycles. The number of rotatable bonds is 5. The van der Waals surface area contributed by atoms with Crippen LogP contribution >= 0.6 is 11.6 Å². The van der Waals surface area contributed by atoms with Crippen molar-refractivity contribution in [2.24, 2.45) is 0 Å². The minimum Gasteiger partial charge on any atom is -0.477 e. The van der Waals surface area contributed by atoms with Crippen molar-refractivity contribution in [3.05, 3.63) is 52.6 Å². The maximum absolute atomic E-state index is 13.0. The summed E-state index contributed by atoms with van der Waals surface area (Å²) in [6, 6.07) is 4.70. The first-order valence-corrected chi connectivity index (χ1v) is 7.85. The number of aromatic carboxylic acids is 1. The van der Waals surface area contributed by atoms with Gasteiger partial charge in [0, 0.05) is 24.8 Å². The SMILES string of the molecule is CN(Cc1ccc(F)cc1Cl)S(=O)(=O)c1c[nH]c(C(=O)O)c1. The van der Waals surface area contributed by atoms with E-state index >= 15 is 0 Å². The number of hydrogen-bond acceptors (Lipinski definition) is 3. The monoisotopic (exact) mass is 346 g/mol. The fraction of sp³-hybridized carbons (Fsp3) is 0.154. The van der Waals surface area contributed by atoms with Gasteiger partial charge in [0.25, 0.3) is 0 Å². The summed E-state index contributed by atoms with van der Waals surface area (Å²) in [6.07, 6.45) is 1.10. The van der Waals surface area contributed by atoms with Crippen LogP contribution in [0.5, 0.6) is 0 Å². The summed E-state index contributed by atoms with van der Waals surface area (Å²) in [4.78, 5) is 13.0. The van der Waals surface area contributed by atoms with Gasteiger partial charge in [-0.1, -0.05) is 17.7 Å². The molecule has 1 heterocycles. The Bertz CT molecular complexity index is 819. The zero-order valence-corrected chi connectivity index (χ0v) is 12.9. The molecular formula is C13H12ClFN2O4S. The van der Waals surface area contributed by atoms with Gasteiger partial charge in [-0.25, -0.2) is 17.6 Å². The Morgan fingerprint density at radius 3 is 2.64 bits per heavy atom. The third-order valence-electron chi connectivity index (χ3n) is 3.00. The van der Waals surface area contributed by atoms with Crippen LogP contribution in [0.2, 0.25) is 5.02 Å². The number of nitrogens with one attached hydrogen (secondary N) is 1. The van der Waals surface area contributed by atoms with Gasteiger partial charge in [0.15, 0.2) is 0 Å². The molecule has 0 aliphatic heterocycles. The van der Waals surface area contributed by atoms with Crippen LogP contribution in [0.4, 0.5) is 4.39 Å². The highest BCUT2D eigenvalue weighted by Gasteiger charge is 2.24. The van der Waals surface area contributed by atoms with Gasteiger partial charge in [0.2, 0.25) is 10.0 Å². The van der Waals surface area contributed by atoms with Gasteiger partial charge in [-0.3, -0.25) is 0 Å². The van der Waals surface area contributed by atoms with Crippen LogP contribution in [0.1, 0.15) is 16.1 Å². The molecule has 0 radical (unpaired) electrons. The molecule has 2 rings (SSSR count). The lowest BCUT2D eigenvalue weighted by Gasteiger charge is -2.17. The molecule has 0 aliphatic carbocycles. The number of aromatic nitrogens is 1. The predicted molar refractivity (Wildman–Crippen MR) is 77.8 cm³/mol. The second kappa shape index (κ2) is 6.07. The Morgan fingerprint density at radius 2 is 2.09 bits per heavy atom. The average Bonchev–Trinajstić information content (AvgIpc) is 2.92. The van der Waals surface area contributed by atoms with Crippen molar-refractivity contribution >= 4 is 27.6 Å². The van der Waals surface area contributed by atoms with E-state index in [9.17, 15) is 17.6 Å². The Labute approximate surface area is 131 Å². The van der Waals surface area contributed by atoms with E-state index in [1.54, 1.807) is 0 Å². The second-order valence-electron chi connectivity index (χ2n) is 4.55. The van der Waals surface area contributed by atoms with Crippen molar-refractivity contribution in [3.63, 3.8) is 0 Å². The number of carbonyl (C=O) groups is 1. The van der Waals surface area contributed by atoms with Crippen LogP contribution in [0.25, 0.3) is 0 Å². The van der Waals surface area contributed by atoms with E-state index in [0.29, 0.717) is 5.56 Å². The van der Waals surface area contributed by atoms with Crippen molar-refractivity contribution in [3.8, 4) is 0 Å². The van der Waals surface area contributed by atoms with Crippen LogP contribution in [-0.4, -0.2) is 35.8 Å². The van der Waals surface area contributed by atoms with Crippen molar-refractivity contribution in [1.29, 1.82) is 0 Å². The van der Waals surface area contributed by atoms with Gasteiger partial charge >= 0.3 is 5.97 Å². The third kappa shape index (κ3) is 3.29. The molecule has 118 valence electrons. The highest BCUT2D eigenvalue weighted by molar-refractivity contribution is 7.89. The molecule has 0 aliphatic rings. The summed E-state index contributed by atoms with van der Waals surface area (Å²) in [6.45, 7) is -0.0744. The second-order valence-corrected chi connectivity index (χ2v) is 7.00. The van der Waals surface area contributed by atoms with Crippen LogP contribution in [0, 0.1) is 5.82 Å². The van der Waals surface area contributed by atoms with E-state index in [4.69, 9.17) is 16.7 Å². The van der Waals surface area contributed by atoms with Gasteiger partial charge < -0.3 is 10.1 Å². The lowest BCUT2D eigenvalue weighted by Crippen LogP contribution is -2.26. The van der Waals surface area contributed by atoms with Crippen molar-refractivity contribution in [1.82, 2.24) is 9.29 Å². The van der Waals surface area contributed by atoms with Gasteiger partial charge in [-0.05, 0) is 23.8 Å². The van der Waals surface area contributed by atoms with Crippen LogP contribution in [0.3, 0.4) is 0 Å². The molecule has 0 unspecified atom stereocenters. The number of halogens is 2. The Hall–Kier alpha value is -1.90. The minimum absolute atomic E-state index is 0.0744. The van der Waals surface area contributed by atoms with Crippen molar-refractivity contribution in [2.45, 2.75) is 11.4 Å². The highest BCUT2D eigenvalue weighted by atomic mass is 35.5. The molecule has 6 nitrogen and oxygen atoms in total. The number of nitrogens with zero attached hydrogens (tertiary/aromatic N) is 1. The van der Waals surface area contributed by atoms with E-state index in [2.05, 4.69) is 4.98 Å². The van der Waals surface area contributed by atoms with Crippen molar-refractivity contribution < 1.29 is 22.7 Å². The number of carboxylic acid groups (broad SMARTS) is 1. The molecule has 0 bridgehead atoms. The average molecular weight is 347 g/mol. The summed E-state index contributed by atoms with van der Waals surface area (Å²) < 4.78 is 38.7. The minimum atomic E-state index is -3.89. The van der Waals surface area contributed by atoms with E-state index in [0.717, 1.165) is 22.6 Å². The molecular weight excluding hydrogens is 335 g/mol. The first kappa shape index (κ1) is 16.5. The molecule has 0 saturated carbocycles. The van der Waals surface area contributed by atoms with Gasteiger partial charge in [0.05, 0.1) is 0 Å². The summed E-state index contributed by atoms with van der Waals surface area (Å²) in [5, 5.41) is 8.92. The molecule has 0 spiro atoms. The summed E-state index contributed by atoms with van der Waals surface area (Å²) >= 11 is 5.87.